The molecule has 1 unspecified atom stereocenters. The number of thiophene rings is 1. The first-order chi connectivity index (χ1) is 11.7. The highest BCUT2D eigenvalue weighted by molar-refractivity contribution is 14.1. The van der Waals surface area contributed by atoms with Crippen LogP contribution in [0.1, 0.15) is 47.5 Å². The van der Waals surface area contributed by atoms with Crippen LogP contribution < -0.4 is 5.73 Å². The van der Waals surface area contributed by atoms with Crippen LogP contribution in [0, 0.1) is 26.2 Å². The van der Waals surface area contributed by atoms with Crippen molar-refractivity contribution in [3.8, 4) is 5.00 Å². The van der Waals surface area contributed by atoms with Crippen LogP contribution in [-0.4, -0.2) is 30.4 Å². The molecule has 2 N–H and O–H groups in total. The summed E-state index contributed by atoms with van der Waals surface area (Å²) in [6.45, 7) is 11.3. The van der Waals surface area contributed by atoms with E-state index >= 15 is 0 Å². The van der Waals surface area contributed by atoms with Gasteiger partial charge < -0.3 is 5.73 Å². The molecule has 25 heavy (non-hydrogen) atoms. The Morgan fingerprint density at radius 1 is 1.24 bits per heavy atom. The molecule has 0 saturated carbocycles. The van der Waals surface area contributed by atoms with Crippen LogP contribution in [0.4, 0.5) is 0 Å². The lowest BCUT2D eigenvalue weighted by Crippen LogP contribution is -2.49. The zero-order valence-electron chi connectivity index (χ0n) is 15.1. The summed E-state index contributed by atoms with van der Waals surface area (Å²) in [4.78, 5) is 6.48. The summed E-state index contributed by atoms with van der Waals surface area (Å²) in [7, 11) is 0. The lowest BCUT2D eigenvalue weighted by Gasteiger charge is -2.47. The van der Waals surface area contributed by atoms with Gasteiger partial charge in [-0.1, -0.05) is 34.7 Å². The second-order valence-corrected chi connectivity index (χ2v) is 10.7. The van der Waals surface area contributed by atoms with Crippen molar-refractivity contribution in [2.45, 2.75) is 44.1 Å². The molecule has 5 nitrogen and oxygen atoms in total. The zero-order chi connectivity index (χ0) is 18.1. The van der Waals surface area contributed by atoms with Crippen LogP contribution in [-0.2, 0) is 0 Å². The Labute approximate surface area is 165 Å². The predicted octanol–water partition coefficient (Wildman–Crippen LogP) is 3.83. The first-order valence-electron chi connectivity index (χ1n) is 8.41. The topological polar surface area (TPSA) is 69.1 Å². The number of hydrogen-bond donors (Lipinski definition) is 1. The second kappa shape index (κ2) is 5.47. The van der Waals surface area contributed by atoms with E-state index in [1.165, 1.54) is 21.0 Å². The number of allylic oxidation sites excluding steroid dienone is 2. The summed E-state index contributed by atoms with van der Waals surface area (Å²) in [5.74, 6) is 1.73. The minimum atomic E-state index is -0.173. The molecule has 2 aromatic heterocycles. The van der Waals surface area contributed by atoms with Crippen molar-refractivity contribution >= 4 is 39.6 Å². The Balaban J connectivity index is 2.07. The van der Waals surface area contributed by atoms with Gasteiger partial charge in [0.2, 0.25) is 0 Å². The first kappa shape index (κ1) is 17.4. The molecule has 0 fully saturated rings. The quantitative estimate of drug-likeness (QED) is 0.415. The molecule has 7 heteroatoms. The molecule has 1 aliphatic heterocycles. The van der Waals surface area contributed by atoms with Crippen LogP contribution >= 0.6 is 33.9 Å². The number of halogens is 1. The fourth-order valence-corrected chi connectivity index (χ4v) is 5.42. The summed E-state index contributed by atoms with van der Waals surface area (Å²) in [5, 5.41) is 9.90. The molecular formula is C18H22IN5S. The molecule has 2 aliphatic rings. The van der Waals surface area contributed by atoms with Crippen molar-refractivity contribution in [3.05, 3.63) is 39.8 Å². The van der Waals surface area contributed by atoms with Gasteiger partial charge in [-0.15, -0.1) is 21.5 Å². The molecule has 2 aromatic rings. The molecule has 0 saturated heterocycles. The van der Waals surface area contributed by atoms with E-state index in [0.29, 0.717) is 6.54 Å². The Kier molecular flexibility index (Phi) is 3.80. The van der Waals surface area contributed by atoms with Crippen molar-refractivity contribution in [2.24, 2.45) is 16.1 Å². The lowest BCUT2D eigenvalue weighted by atomic mass is 9.64. The van der Waals surface area contributed by atoms with Crippen molar-refractivity contribution in [1.82, 2.24) is 14.8 Å². The van der Waals surface area contributed by atoms with Gasteiger partial charge in [-0.2, -0.15) is 0 Å². The third kappa shape index (κ3) is 2.18. The van der Waals surface area contributed by atoms with Crippen LogP contribution in [0.3, 0.4) is 0 Å². The van der Waals surface area contributed by atoms with E-state index in [1.54, 1.807) is 11.3 Å². The molecule has 4 rings (SSSR count). The lowest BCUT2D eigenvalue weighted by molar-refractivity contribution is 0.465. The number of aromatic nitrogens is 3. The first-order valence-corrected chi connectivity index (χ1v) is 10.3. The van der Waals surface area contributed by atoms with Crippen LogP contribution in [0.5, 0.6) is 0 Å². The molecular weight excluding hydrogens is 445 g/mol. The Bertz CT molecular complexity index is 936. The number of fused-ring (bicyclic) bond motifs is 3. The Hall–Kier alpha value is -1.06. The van der Waals surface area contributed by atoms with E-state index in [9.17, 15) is 0 Å². The van der Waals surface area contributed by atoms with Gasteiger partial charge in [0.1, 0.15) is 16.9 Å². The molecule has 0 radical (unpaired) electrons. The minimum absolute atomic E-state index is 0.0298. The highest BCUT2D eigenvalue weighted by atomic mass is 127. The van der Waals surface area contributed by atoms with Crippen LogP contribution in [0.2, 0.25) is 0 Å². The average Bonchev–Trinajstić information content (AvgIpc) is 3.03. The summed E-state index contributed by atoms with van der Waals surface area (Å²) < 4.78 is 2.19. The normalized spacial score (nSPS) is 30.4. The third-order valence-corrected chi connectivity index (χ3v) is 8.37. The van der Waals surface area contributed by atoms with Gasteiger partial charge >= 0.3 is 0 Å². The number of hydrogen-bond acceptors (Lipinski definition) is 5. The molecule has 0 amide bonds. The smallest absolute Gasteiger partial charge is 0.164 e. The van der Waals surface area contributed by atoms with Gasteiger partial charge in [0, 0.05) is 22.4 Å². The molecule has 3 heterocycles. The highest BCUT2D eigenvalue weighted by Gasteiger charge is 2.51. The largest absolute Gasteiger partial charge is 0.328 e. The van der Waals surface area contributed by atoms with Crippen molar-refractivity contribution < 1.29 is 0 Å². The SMILES string of the molecule is Cc1sc2c(c1C)C([C@]1(C)C=CC1(C)I)=N[C@@H](CN)c1nnc(C)n1-2. The number of nitrogens with two attached hydrogens (primary N) is 1. The fraction of sp³-hybridized carbons (Fsp3) is 0.500. The molecule has 0 spiro atoms. The van der Waals surface area contributed by atoms with E-state index < -0.39 is 0 Å². The fourth-order valence-electron chi connectivity index (χ4n) is 3.59. The molecule has 3 atom stereocenters. The highest BCUT2D eigenvalue weighted by Crippen LogP contribution is 2.54. The van der Waals surface area contributed by atoms with Gasteiger partial charge in [-0.3, -0.25) is 9.56 Å². The second-order valence-electron chi connectivity index (χ2n) is 7.24. The molecule has 132 valence electrons. The summed E-state index contributed by atoms with van der Waals surface area (Å²) >= 11 is 4.33. The summed E-state index contributed by atoms with van der Waals surface area (Å²) in [5.41, 5.74) is 9.63. The average molecular weight is 467 g/mol. The van der Waals surface area contributed by atoms with E-state index in [4.69, 9.17) is 10.7 Å². The summed E-state index contributed by atoms with van der Waals surface area (Å²) in [6, 6.07) is -0.173. The number of alkyl halides is 1. The Morgan fingerprint density at radius 2 is 1.96 bits per heavy atom. The van der Waals surface area contributed by atoms with Crippen molar-refractivity contribution in [1.29, 1.82) is 0 Å². The van der Waals surface area contributed by atoms with E-state index in [1.807, 2.05) is 6.92 Å². The minimum Gasteiger partial charge on any atom is -0.328 e. The van der Waals surface area contributed by atoms with Gasteiger partial charge in [-0.05, 0) is 40.2 Å². The number of aliphatic imine (C=N–C) groups is 1. The van der Waals surface area contributed by atoms with Gasteiger partial charge in [0.25, 0.3) is 0 Å². The maximum atomic E-state index is 6.10. The van der Waals surface area contributed by atoms with Crippen LogP contribution in [0.15, 0.2) is 17.1 Å². The van der Waals surface area contributed by atoms with Gasteiger partial charge in [0.05, 0.1) is 9.13 Å². The number of rotatable bonds is 2. The number of nitrogens with zero attached hydrogens (tertiary/aromatic N) is 4. The summed E-state index contributed by atoms with van der Waals surface area (Å²) in [6.07, 6.45) is 4.54. The number of aryl methyl sites for hydroxylation is 2. The Morgan fingerprint density at radius 3 is 2.52 bits per heavy atom. The van der Waals surface area contributed by atoms with Crippen LogP contribution in [0.25, 0.3) is 5.00 Å². The van der Waals surface area contributed by atoms with Crippen molar-refractivity contribution in [3.63, 3.8) is 0 Å². The van der Waals surface area contributed by atoms with E-state index in [0.717, 1.165) is 17.4 Å². The van der Waals surface area contributed by atoms with E-state index in [2.05, 4.69) is 77.2 Å². The maximum absolute atomic E-state index is 6.10. The van der Waals surface area contributed by atoms with Gasteiger partial charge in [0.15, 0.2) is 5.82 Å². The third-order valence-electron chi connectivity index (χ3n) is 5.70. The molecule has 1 aliphatic carbocycles. The maximum Gasteiger partial charge on any atom is 0.164 e. The zero-order valence-corrected chi connectivity index (χ0v) is 18.1. The van der Waals surface area contributed by atoms with E-state index in [-0.39, 0.29) is 14.9 Å². The monoisotopic (exact) mass is 467 g/mol. The standard InChI is InChI=1S/C18H22IN5S/c1-9-10(2)25-16-13(9)14(17(4)6-7-18(17,5)19)21-12(8-20)15-23-22-11(3)24(15)16/h6-7,12H,8,20H2,1-5H3/t12-,17-,18?/m0/s1. The van der Waals surface area contributed by atoms with Gasteiger partial charge in [-0.25, -0.2) is 0 Å². The molecule has 0 aromatic carbocycles. The van der Waals surface area contributed by atoms with Crippen molar-refractivity contribution in [2.75, 3.05) is 6.54 Å². The predicted molar refractivity (Wildman–Crippen MR) is 111 cm³/mol. The molecule has 0 bridgehead atoms.